The lowest BCUT2D eigenvalue weighted by molar-refractivity contribution is -0.148. The standard InChI is InChI=1S/C24H27ClN4O2/c1-2-31-24(30)17-6-5-13-28(15-17)23-19-7-3-4-8-20(19)26-22-14-21(27-29(22)23)16-9-11-18(25)12-10-16/h9-12,14,17H,2-8,13,15H2,1H3/t17-/m1/s1. The van der Waals surface area contributed by atoms with Crippen molar-refractivity contribution in [2.24, 2.45) is 5.92 Å². The summed E-state index contributed by atoms with van der Waals surface area (Å²) in [7, 11) is 0. The van der Waals surface area contributed by atoms with Gasteiger partial charge >= 0.3 is 5.97 Å². The zero-order valence-electron chi connectivity index (χ0n) is 17.8. The van der Waals surface area contributed by atoms with Crippen LogP contribution in [0.1, 0.15) is 43.9 Å². The summed E-state index contributed by atoms with van der Waals surface area (Å²) in [6.45, 7) is 3.87. The van der Waals surface area contributed by atoms with Gasteiger partial charge in [-0.1, -0.05) is 23.7 Å². The van der Waals surface area contributed by atoms with E-state index in [4.69, 9.17) is 26.4 Å². The number of carbonyl (C=O) groups excluding carboxylic acids is 1. The summed E-state index contributed by atoms with van der Waals surface area (Å²) >= 11 is 6.07. The number of anilines is 1. The lowest BCUT2D eigenvalue weighted by Gasteiger charge is -2.35. The van der Waals surface area contributed by atoms with Gasteiger partial charge in [0, 0.05) is 41.0 Å². The molecule has 1 aliphatic heterocycles. The third-order valence-corrected chi connectivity index (χ3v) is 6.58. The fraction of sp³-hybridized carbons (Fsp3) is 0.458. The van der Waals surface area contributed by atoms with Gasteiger partial charge in [0.15, 0.2) is 5.65 Å². The van der Waals surface area contributed by atoms with Crippen LogP contribution in [0.2, 0.25) is 5.02 Å². The molecular formula is C24H27ClN4O2. The van der Waals surface area contributed by atoms with Gasteiger partial charge in [-0.2, -0.15) is 9.61 Å². The summed E-state index contributed by atoms with van der Waals surface area (Å²) in [5.41, 5.74) is 5.22. The minimum Gasteiger partial charge on any atom is -0.466 e. The molecule has 0 spiro atoms. The fourth-order valence-corrected chi connectivity index (χ4v) is 4.96. The van der Waals surface area contributed by atoms with Gasteiger partial charge in [0.25, 0.3) is 0 Å². The molecule has 3 heterocycles. The zero-order chi connectivity index (χ0) is 21.4. The first-order valence-corrected chi connectivity index (χ1v) is 11.6. The Morgan fingerprint density at radius 1 is 1.19 bits per heavy atom. The summed E-state index contributed by atoms with van der Waals surface area (Å²) in [5, 5.41) is 5.66. The van der Waals surface area contributed by atoms with Gasteiger partial charge in [-0.25, -0.2) is 4.98 Å². The van der Waals surface area contributed by atoms with Crippen molar-refractivity contribution in [3.05, 3.63) is 46.6 Å². The molecule has 5 rings (SSSR count). The average molecular weight is 439 g/mol. The van der Waals surface area contributed by atoms with Crippen LogP contribution in [0.15, 0.2) is 30.3 Å². The van der Waals surface area contributed by atoms with Gasteiger partial charge in [0.1, 0.15) is 5.82 Å². The van der Waals surface area contributed by atoms with Gasteiger partial charge < -0.3 is 9.64 Å². The number of aromatic nitrogens is 3. The highest BCUT2D eigenvalue weighted by atomic mass is 35.5. The molecule has 0 bridgehead atoms. The minimum atomic E-state index is -0.0950. The fourth-order valence-electron chi connectivity index (χ4n) is 4.84. The molecule has 0 saturated carbocycles. The number of nitrogens with zero attached hydrogens (tertiary/aromatic N) is 4. The first kappa shape index (κ1) is 20.3. The molecule has 1 atom stereocenters. The number of piperidine rings is 1. The molecular weight excluding hydrogens is 412 g/mol. The molecule has 1 fully saturated rings. The van der Waals surface area contributed by atoms with E-state index in [9.17, 15) is 4.79 Å². The molecule has 0 N–H and O–H groups in total. The van der Waals surface area contributed by atoms with E-state index in [0.717, 1.165) is 61.4 Å². The number of benzene rings is 1. The molecule has 1 aromatic carbocycles. The molecule has 6 nitrogen and oxygen atoms in total. The van der Waals surface area contributed by atoms with E-state index in [1.54, 1.807) is 0 Å². The Morgan fingerprint density at radius 2 is 2.00 bits per heavy atom. The highest BCUT2D eigenvalue weighted by Gasteiger charge is 2.31. The maximum absolute atomic E-state index is 12.4. The van der Waals surface area contributed by atoms with Gasteiger partial charge in [0.05, 0.1) is 18.2 Å². The Labute approximate surface area is 187 Å². The van der Waals surface area contributed by atoms with Crippen LogP contribution < -0.4 is 4.90 Å². The molecule has 2 aliphatic rings. The highest BCUT2D eigenvalue weighted by Crippen LogP contribution is 2.34. The number of hydrogen-bond acceptors (Lipinski definition) is 5. The summed E-state index contributed by atoms with van der Waals surface area (Å²) in [5.74, 6) is 0.921. The topological polar surface area (TPSA) is 59.7 Å². The van der Waals surface area contributed by atoms with Crippen molar-refractivity contribution in [1.82, 2.24) is 14.6 Å². The number of carbonyl (C=O) groups is 1. The monoisotopic (exact) mass is 438 g/mol. The maximum atomic E-state index is 12.4. The molecule has 7 heteroatoms. The molecule has 1 aliphatic carbocycles. The van der Waals surface area contributed by atoms with E-state index in [2.05, 4.69) is 4.90 Å². The van der Waals surface area contributed by atoms with E-state index in [1.165, 1.54) is 17.7 Å². The number of halogens is 1. The second kappa shape index (κ2) is 8.50. The number of hydrogen-bond donors (Lipinski definition) is 0. The molecule has 0 amide bonds. The third kappa shape index (κ3) is 3.89. The zero-order valence-corrected chi connectivity index (χ0v) is 18.6. The first-order valence-electron chi connectivity index (χ1n) is 11.2. The van der Waals surface area contributed by atoms with Gasteiger partial charge in [-0.3, -0.25) is 4.79 Å². The van der Waals surface area contributed by atoms with Crippen molar-refractivity contribution >= 4 is 29.0 Å². The van der Waals surface area contributed by atoms with Crippen molar-refractivity contribution in [3.63, 3.8) is 0 Å². The van der Waals surface area contributed by atoms with Gasteiger partial charge in [-0.15, -0.1) is 0 Å². The molecule has 31 heavy (non-hydrogen) atoms. The lowest BCUT2D eigenvalue weighted by atomic mass is 9.94. The van der Waals surface area contributed by atoms with Crippen LogP contribution in [0.25, 0.3) is 16.9 Å². The first-order chi connectivity index (χ1) is 15.1. The number of esters is 1. The number of aryl methyl sites for hydroxylation is 1. The normalized spacial score (nSPS) is 18.8. The summed E-state index contributed by atoms with van der Waals surface area (Å²) in [6.07, 6.45) is 6.17. The van der Waals surface area contributed by atoms with E-state index in [0.29, 0.717) is 18.2 Å². The van der Waals surface area contributed by atoms with E-state index in [1.807, 2.05) is 41.8 Å². The lowest BCUT2D eigenvalue weighted by Crippen LogP contribution is -2.41. The van der Waals surface area contributed by atoms with Crippen molar-refractivity contribution in [3.8, 4) is 11.3 Å². The Balaban J connectivity index is 1.60. The molecule has 0 radical (unpaired) electrons. The molecule has 2 aromatic heterocycles. The Bertz CT molecular complexity index is 1110. The van der Waals surface area contributed by atoms with Crippen molar-refractivity contribution in [1.29, 1.82) is 0 Å². The SMILES string of the molecule is CCOC(=O)[C@@H]1CCCN(c2c3c(nc4cc(-c5ccc(Cl)cc5)nn24)CCCC3)C1. The van der Waals surface area contributed by atoms with E-state index in [-0.39, 0.29) is 11.9 Å². The predicted molar refractivity (Wildman–Crippen MR) is 122 cm³/mol. The second-order valence-corrected chi connectivity index (χ2v) is 8.85. The Hall–Kier alpha value is -2.60. The summed E-state index contributed by atoms with van der Waals surface area (Å²) in [6, 6.07) is 9.79. The van der Waals surface area contributed by atoms with Crippen molar-refractivity contribution < 1.29 is 9.53 Å². The summed E-state index contributed by atoms with van der Waals surface area (Å²) in [4.78, 5) is 19.8. The minimum absolute atomic E-state index is 0.0892. The summed E-state index contributed by atoms with van der Waals surface area (Å²) < 4.78 is 7.31. The van der Waals surface area contributed by atoms with Crippen LogP contribution in [-0.2, 0) is 22.4 Å². The number of rotatable bonds is 4. The second-order valence-electron chi connectivity index (χ2n) is 8.41. The molecule has 1 saturated heterocycles. The van der Waals surface area contributed by atoms with Crippen LogP contribution in [-0.4, -0.2) is 40.3 Å². The third-order valence-electron chi connectivity index (χ3n) is 6.33. The maximum Gasteiger partial charge on any atom is 0.310 e. The Morgan fingerprint density at radius 3 is 2.81 bits per heavy atom. The highest BCUT2D eigenvalue weighted by molar-refractivity contribution is 6.30. The van der Waals surface area contributed by atoms with Crippen LogP contribution >= 0.6 is 11.6 Å². The van der Waals surface area contributed by atoms with Crippen molar-refractivity contribution in [2.45, 2.75) is 45.4 Å². The molecule has 3 aromatic rings. The average Bonchev–Trinajstić information content (AvgIpc) is 3.21. The van der Waals surface area contributed by atoms with Gasteiger partial charge in [0.2, 0.25) is 0 Å². The number of ether oxygens (including phenoxy) is 1. The van der Waals surface area contributed by atoms with Crippen LogP contribution in [0.4, 0.5) is 5.82 Å². The largest absolute Gasteiger partial charge is 0.466 e. The number of fused-ring (bicyclic) bond motifs is 2. The van der Waals surface area contributed by atoms with E-state index < -0.39 is 0 Å². The van der Waals surface area contributed by atoms with Crippen LogP contribution in [0.3, 0.4) is 0 Å². The van der Waals surface area contributed by atoms with Crippen LogP contribution in [0, 0.1) is 5.92 Å². The predicted octanol–water partition coefficient (Wildman–Crippen LogP) is 4.71. The molecule has 0 unspecified atom stereocenters. The smallest absolute Gasteiger partial charge is 0.310 e. The molecule has 162 valence electrons. The quantitative estimate of drug-likeness (QED) is 0.552. The van der Waals surface area contributed by atoms with Crippen LogP contribution in [0.5, 0.6) is 0 Å². The van der Waals surface area contributed by atoms with E-state index >= 15 is 0 Å². The van der Waals surface area contributed by atoms with Crippen molar-refractivity contribution in [2.75, 3.05) is 24.6 Å². The Kier molecular flexibility index (Phi) is 5.57. The van der Waals surface area contributed by atoms with Gasteiger partial charge in [-0.05, 0) is 57.6 Å².